The van der Waals surface area contributed by atoms with Crippen LogP contribution in [0.2, 0.25) is 0 Å². The lowest BCUT2D eigenvalue weighted by Crippen LogP contribution is -2.28. The van der Waals surface area contributed by atoms with E-state index in [1.165, 1.54) is 23.5 Å². The standard InChI is InChI=1S/C13H10FN3OS/c14-11-3-1-9(2-4-11)8-16-13(18)17-12-10(7-15)5-6-19-12/h1-6H,8H2,(H2,16,17,18). The second-order valence-electron chi connectivity index (χ2n) is 3.71. The van der Waals surface area contributed by atoms with Crippen LogP contribution in [-0.2, 0) is 6.54 Å². The van der Waals surface area contributed by atoms with Crippen molar-refractivity contribution in [1.29, 1.82) is 5.26 Å². The number of hydrogen-bond donors (Lipinski definition) is 2. The van der Waals surface area contributed by atoms with Gasteiger partial charge in [0.05, 0.1) is 5.56 Å². The molecule has 0 spiro atoms. The maximum Gasteiger partial charge on any atom is 0.320 e. The van der Waals surface area contributed by atoms with Crippen molar-refractivity contribution in [3.05, 3.63) is 52.7 Å². The monoisotopic (exact) mass is 275 g/mol. The molecule has 0 aliphatic rings. The first-order valence-corrected chi connectivity index (χ1v) is 6.34. The fourth-order valence-corrected chi connectivity index (χ4v) is 2.16. The minimum absolute atomic E-state index is 0.291. The van der Waals surface area contributed by atoms with Crippen LogP contribution in [0.1, 0.15) is 11.1 Å². The smallest absolute Gasteiger partial charge is 0.320 e. The summed E-state index contributed by atoms with van der Waals surface area (Å²) in [7, 11) is 0. The van der Waals surface area contributed by atoms with Gasteiger partial charge in [0.1, 0.15) is 16.9 Å². The van der Waals surface area contributed by atoms with Crippen molar-refractivity contribution in [2.75, 3.05) is 5.32 Å². The number of halogens is 1. The van der Waals surface area contributed by atoms with E-state index in [-0.39, 0.29) is 5.82 Å². The van der Waals surface area contributed by atoms with Crippen LogP contribution in [0.3, 0.4) is 0 Å². The molecule has 0 bridgehead atoms. The van der Waals surface area contributed by atoms with Gasteiger partial charge in [0, 0.05) is 6.54 Å². The molecule has 0 aliphatic heterocycles. The summed E-state index contributed by atoms with van der Waals surface area (Å²) in [6, 6.07) is 9.09. The zero-order chi connectivity index (χ0) is 13.7. The number of benzene rings is 1. The number of nitrogens with one attached hydrogen (secondary N) is 2. The lowest BCUT2D eigenvalue weighted by Gasteiger charge is -2.06. The molecule has 0 saturated heterocycles. The van der Waals surface area contributed by atoms with Crippen LogP contribution in [0.15, 0.2) is 35.7 Å². The van der Waals surface area contributed by atoms with Gasteiger partial charge in [-0.05, 0) is 29.1 Å². The Morgan fingerprint density at radius 2 is 2.05 bits per heavy atom. The van der Waals surface area contributed by atoms with Gasteiger partial charge in [0.25, 0.3) is 0 Å². The molecule has 0 radical (unpaired) electrons. The third-order valence-corrected chi connectivity index (χ3v) is 3.21. The Hall–Kier alpha value is -2.39. The van der Waals surface area contributed by atoms with E-state index >= 15 is 0 Å². The molecule has 96 valence electrons. The Kier molecular flexibility index (Phi) is 4.11. The molecule has 0 saturated carbocycles. The van der Waals surface area contributed by atoms with Gasteiger partial charge in [0.2, 0.25) is 0 Å². The van der Waals surface area contributed by atoms with E-state index in [0.717, 1.165) is 5.56 Å². The van der Waals surface area contributed by atoms with Crippen molar-refractivity contribution in [1.82, 2.24) is 5.32 Å². The van der Waals surface area contributed by atoms with E-state index in [2.05, 4.69) is 10.6 Å². The van der Waals surface area contributed by atoms with E-state index in [1.807, 2.05) is 6.07 Å². The third-order valence-electron chi connectivity index (χ3n) is 2.38. The van der Waals surface area contributed by atoms with Gasteiger partial charge >= 0.3 is 6.03 Å². The molecule has 2 amide bonds. The molecule has 0 atom stereocenters. The zero-order valence-electron chi connectivity index (χ0n) is 9.81. The molecule has 2 rings (SSSR count). The molecule has 2 N–H and O–H groups in total. The molecular formula is C13H10FN3OS. The van der Waals surface area contributed by atoms with Crippen LogP contribution in [0.5, 0.6) is 0 Å². The van der Waals surface area contributed by atoms with Gasteiger partial charge in [-0.1, -0.05) is 12.1 Å². The lowest BCUT2D eigenvalue weighted by molar-refractivity contribution is 0.252. The molecule has 1 aromatic carbocycles. The number of amides is 2. The van der Waals surface area contributed by atoms with Gasteiger partial charge in [-0.3, -0.25) is 5.32 Å². The van der Waals surface area contributed by atoms with Crippen LogP contribution >= 0.6 is 11.3 Å². The molecule has 1 heterocycles. The van der Waals surface area contributed by atoms with Crippen LogP contribution in [0, 0.1) is 17.1 Å². The highest BCUT2D eigenvalue weighted by Gasteiger charge is 2.07. The zero-order valence-corrected chi connectivity index (χ0v) is 10.6. The highest BCUT2D eigenvalue weighted by molar-refractivity contribution is 7.14. The molecule has 1 aromatic heterocycles. The summed E-state index contributed by atoms with van der Waals surface area (Å²) in [4.78, 5) is 11.6. The van der Waals surface area contributed by atoms with Gasteiger partial charge < -0.3 is 5.32 Å². The number of anilines is 1. The Morgan fingerprint density at radius 1 is 1.32 bits per heavy atom. The number of carbonyl (C=O) groups is 1. The van der Waals surface area contributed by atoms with E-state index in [0.29, 0.717) is 17.1 Å². The minimum atomic E-state index is -0.400. The summed E-state index contributed by atoms with van der Waals surface area (Å²) in [6.45, 7) is 0.291. The Bertz CT molecular complexity index is 616. The van der Waals surface area contributed by atoms with Gasteiger partial charge in [-0.25, -0.2) is 9.18 Å². The quantitative estimate of drug-likeness (QED) is 0.904. The maximum absolute atomic E-state index is 12.7. The van der Waals surface area contributed by atoms with Gasteiger partial charge in [-0.15, -0.1) is 11.3 Å². The van der Waals surface area contributed by atoms with Crippen molar-refractivity contribution in [3.63, 3.8) is 0 Å². The topological polar surface area (TPSA) is 64.9 Å². The fourth-order valence-electron chi connectivity index (χ4n) is 1.43. The second kappa shape index (κ2) is 5.98. The number of nitriles is 1. The van der Waals surface area contributed by atoms with E-state index < -0.39 is 6.03 Å². The normalized spacial score (nSPS) is 9.68. The summed E-state index contributed by atoms with van der Waals surface area (Å²) >= 11 is 1.28. The SMILES string of the molecule is N#Cc1ccsc1NC(=O)NCc1ccc(F)cc1. The first kappa shape index (κ1) is 13.1. The molecule has 19 heavy (non-hydrogen) atoms. The largest absolute Gasteiger partial charge is 0.334 e. The Morgan fingerprint density at radius 3 is 2.74 bits per heavy atom. The van der Waals surface area contributed by atoms with Crippen molar-refractivity contribution in [3.8, 4) is 6.07 Å². The summed E-state index contributed by atoms with van der Waals surface area (Å²) in [5.74, 6) is -0.314. The number of carbonyl (C=O) groups excluding carboxylic acids is 1. The molecular weight excluding hydrogens is 265 g/mol. The maximum atomic E-state index is 12.7. The summed E-state index contributed by atoms with van der Waals surface area (Å²) in [5.41, 5.74) is 1.23. The lowest BCUT2D eigenvalue weighted by atomic mass is 10.2. The van der Waals surface area contributed by atoms with Crippen molar-refractivity contribution >= 4 is 22.4 Å². The number of thiophene rings is 1. The van der Waals surface area contributed by atoms with Crippen molar-refractivity contribution in [2.45, 2.75) is 6.54 Å². The highest BCUT2D eigenvalue weighted by Crippen LogP contribution is 2.21. The van der Waals surface area contributed by atoms with Crippen molar-refractivity contribution < 1.29 is 9.18 Å². The van der Waals surface area contributed by atoms with Crippen LogP contribution in [-0.4, -0.2) is 6.03 Å². The minimum Gasteiger partial charge on any atom is -0.334 e. The Balaban J connectivity index is 1.89. The van der Waals surface area contributed by atoms with Crippen LogP contribution in [0.4, 0.5) is 14.2 Å². The van der Waals surface area contributed by atoms with Crippen LogP contribution in [0.25, 0.3) is 0 Å². The average molecular weight is 275 g/mol. The number of nitrogens with zero attached hydrogens (tertiary/aromatic N) is 1. The molecule has 0 fully saturated rings. The molecule has 0 aliphatic carbocycles. The first-order valence-electron chi connectivity index (χ1n) is 5.46. The summed E-state index contributed by atoms with van der Waals surface area (Å²) in [5, 5.41) is 16.3. The predicted molar refractivity (Wildman–Crippen MR) is 71.3 cm³/mol. The summed E-state index contributed by atoms with van der Waals surface area (Å²) < 4.78 is 12.7. The Labute approximate surface area is 113 Å². The molecule has 2 aromatic rings. The third kappa shape index (κ3) is 3.53. The van der Waals surface area contributed by atoms with Gasteiger partial charge in [0.15, 0.2) is 0 Å². The second-order valence-corrected chi connectivity index (χ2v) is 4.63. The van der Waals surface area contributed by atoms with E-state index in [1.54, 1.807) is 23.6 Å². The van der Waals surface area contributed by atoms with E-state index in [4.69, 9.17) is 5.26 Å². The fraction of sp³-hybridized carbons (Fsp3) is 0.0769. The molecule has 6 heteroatoms. The molecule has 4 nitrogen and oxygen atoms in total. The van der Waals surface area contributed by atoms with Gasteiger partial charge in [-0.2, -0.15) is 5.26 Å². The highest BCUT2D eigenvalue weighted by atomic mass is 32.1. The molecule has 0 unspecified atom stereocenters. The number of rotatable bonds is 3. The number of urea groups is 1. The van der Waals surface area contributed by atoms with Crippen LogP contribution < -0.4 is 10.6 Å². The predicted octanol–water partition coefficient (Wildman–Crippen LogP) is 3.08. The van der Waals surface area contributed by atoms with E-state index in [9.17, 15) is 9.18 Å². The van der Waals surface area contributed by atoms with Crippen molar-refractivity contribution in [2.24, 2.45) is 0 Å². The first-order chi connectivity index (χ1) is 9.19. The number of hydrogen-bond acceptors (Lipinski definition) is 3. The summed E-state index contributed by atoms with van der Waals surface area (Å²) in [6.07, 6.45) is 0. The average Bonchev–Trinajstić information content (AvgIpc) is 2.85.